The minimum Gasteiger partial charge on any atom is -0.376 e. The number of carbonyl (C=O) groups excluding carboxylic acids is 1. The summed E-state index contributed by atoms with van der Waals surface area (Å²) in [6, 6.07) is 13.1. The number of hydrogen-bond donors (Lipinski definition) is 1. The molecule has 1 N–H and O–H groups in total. The Labute approximate surface area is 156 Å². The molecular weight excluding hydrogens is 355 g/mol. The Balaban J connectivity index is 1.50. The maximum Gasteiger partial charge on any atom is 0.416 e. The molecule has 144 valence electrons. The third kappa shape index (κ3) is 4.69. The number of alkyl halides is 3. The Hall–Kier alpha value is -2.34. The fourth-order valence-corrected chi connectivity index (χ4v) is 3.47. The summed E-state index contributed by atoms with van der Waals surface area (Å²) in [5.74, 6) is -0.137. The second kappa shape index (κ2) is 7.72. The van der Waals surface area contributed by atoms with Crippen LogP contribution in [-0.2, 0) is 35.0 Å². The van der Waals surface area contributed by atoms with Crippen molar-refractivity contribution in [3.63, 3.8) is 0 Å². The number of aryl methyl sites for hydroxylation is 1. The molecule has 0 spiro atoms. The minimum atomic E-state index is -4.34. The molecule has 0 heterocycles. The first-order valence-corrected chi connectivity index (χ1v) is 8.86. The summed E-state index contributed by atoms with van der Waals surface area (Å²) in [4.78, 5) is 12.2. The Morgan fingerprint density at radius 1 is 1.07 bits per heavy atom. The summed E-state index contributed by atoms with van der Waals surface area (Å²) >= 11 is 0. The molecule has 0 aromatic heterocycles. The highest BCUT2D eigenvalue weighted by molar-refractivity contribution is 5.76. The van der Waals surface area contributed by atoms with Gasteiger partial charge in [-0.15, -0.1) is 0 Å². The molecule has 2 aromatic rings. The molecule has 1 aliphatic carbocycles. The van der Waals surface area contributed by atoms with E-state index in [4.69, 9.17) is 4.74 Å². The van der Waals surface area contributed by atoms with Crippen molar-refractivity contribution in [2.24, 2.45) is 0 Å². The fraction of sp³-hybridized carbons (Fsp3) is 0.381. The number of benzene rings is 2. The van der Waals surface area contributed by atoms with Crippen LogP contribution >= 0.6 is 0 Å². The van der Waals surface area contributed by atoms with Crippen molar-refractivity contribution in [2.75, 3.05) is 13.7 Å². The lowest BCUT2D eigenvalue weighted by Gasteiger charge is -2.27. The Morgan fingerprint density at radius 3 is 2.19 bits per heavy atom. The summed E-state index contributed by atoms with van der Waals surface area (Å²) in [5.41, 5.74) is 2.05. The van der Waals surface area contributed by atoms with Gasteiger partial charge in [0.25, 0.3) is 0 Å². The van der Waals surface area contributed by atoms with E-state index in [2.05, 4.69) is 17.4 Å². The average Bonchev–Trinajstić information content (AvgIpc) is 3.03. The quantitative estimate of drug-likeness (QED) is 0.828. The number of methoxy groups -OCH3 is 1. The van der Waals surface area contributed by atoms with Crippen LogP contribution in [0.5, 0.6) is 0 Å². The lowest BCUT2D eigenvalue weighted by atomic mass is 10.00. The highest BCUT2D eigenvalue weighted by Crippen LogP contribution is 2.32. The first-order chi connectivity index (χ1) is 12.8. The second-order valence-corrected chi connectivity index (χ2v) is 6.98. The molecule has 2 aromatic carbocycles. The Kier molecular flexibility index (Phi) is 5.56. The molecule has 3 nitrogen and oxygen atoms in total. The van der Waals surface area contributed by atoms with Crippen LogP contribution in [0.15, 0.2) is 48.5 Å². The van der Waals surface area contributed by atoms with E-state index in [0.29, 0.717) is 18.5 Å². The van der Waals surface area contributed by atoms with Gasteiger partial charge in [0.2, 0.25) is 5.91 Å². The number of fused-ring (bicyclic) bond motifs is 1. The van der Waals surface area contributed by atoms with Gasteiger partial charge in [-0.05, 0) is 35.2 Å². The molecule has 27 heavy (non-hydrogen) atoms. The standard InChI is InChI=1S/C21H22F3NO2/c1-27-20(12-16-4-2-3-5-17(16)13-20)14-25-19(26)11-8-15-6-9-18(10-7-15)21(22,23)24/h2-7,9-10H,8,11-14H2,1H3,(H,25,26). The Bertz CT molecular complexity index is 775. The van der Waals surface area contributed by atoms with Gasteiger partial charge >= 0.3 is 6.18 Å². The Morgan fingerprint density at radius 2 is 1.67 bits per heavy atom. The highest BCUT2D eigenvalue weighted by atomic mass is 19.4. The van der Waals surface area contributed by atoms with E-state index in [1.54, 1.807) is 7.11 Å². The number of carbonyl (C=O) groups is 1. The van der Waals surface area contributed by atoms with Crippen molar-refractivity contribution in [3.05, 3.63) is 70.8 Å². The second-order valence-electron chi connectivity index (χ2n) is 6.98. The third-order valence-corrected chi connectivity index (χ3v) is 5.11. The summed E-state index contributed by atoms with van der Waals surface area (Å²) in [5, 5.41) is 2.91. The summed E-state index contributed by atoms with van der Waals surface area (Å²) in [6.45, 7) is 0.407. The fourth-order valence-electron chi connectivity index (χ4n) is 3.47. The van der Waals surface area contributed by atoms with Crippen LogP contribution in [0.1, 0.15) is 28.7 Å². The first kappa shape index (κ1) is 19.4. The van der Waals surface area contributed by atoms with E-state index in [-0.39, 0.29) is 12.3 Å². The minimum absolute atomic E-state index is 0.137. The van der Waals surface area contributed by atoms with Crippen LogP contribution in [0.2, 0.25) is 0 Å². The molecule has 1 aliphatic rings. The van der Waals surface area contributed by atoms with Gasteiger partial charge in [-0.2, -0.15) is 13.2 Å². The predicted molar refractivity (Wildman–Crippen MR) is 96.4 cm³/mol. The molecule has 0 aliphatic heterocycles. The van der Waals surface area contributed by atoms with Crippen LogP contribution < -0.4 is 5.32 Å². The number of ether oxygens (including phenoxy) is 1. The topological polar surface area (TPSA) is 38.3 Å². The molecule has 0 bridgehead atoms. The number of hydrogen-bond acceptors (Lipinski definition) is 2. The summed E-state index contributed by atoms with van der Waals surface area (Å²) in [6.07, 6.45) is -2.23. The van der Waals surface area contributed by atoms with Gasteiger partial charge in [0.05, 0.1) is 11.2 Å². The van der Waals surface area contributed by atoms with E-state index in [0.717, 1.165) is 25.0 Å². The average molecular weight is 377 g/mol. The lowest BCUT2D eigenvalue weighted by Crippen LogP contribution is -2.45. The monoisotopic (exact) mass is 377 g/mol. The highest BCUT2D eigenvalue weighted by Gasteiger charge is 2.37. The van der Waals surface area contributed by atoms with Crippen LogP contribution in [-0.4, -0.2) is 25.2 Å². The van der Waals surface area contributed by atoms with Gasteiger partial charge in [0, 0.05) is 32.9 Å². The largest absolute Gasteiger partial charge is 0.416 e. The predicted octanol–water partition coefficient (Wildman–Crippen LogP) is 3.94. The van der Waals surface area contributed by atoms with E-state index in [1.165, 1.54) is 23.3 Å². The molecule has 0 saturated heterocycles. The zero-order valence-corrected chi connectivity index (χ0v) is 15.1. The molecule has 3 rings (SSSR count). The van der Waals surface area contributed by atoms with Gasteiger partial charge in [0.15, 0.2) is 0 Å². The first-order valence-electron chi connectivity index (χ1n) is 8.86. The zero-order chi connectivity index (χ0) is 19.5. The number of halogens is 3. The van der Waals surface area contributed by atoms with E-state index < -0.39 is 17.3 Å². The molecule has 1 amide bonds. The van der Waals surface area contributed by atoms with Crippen LogP contribution in [0.4, 0.5) is 13.2 Å². The summed E-state index contributed by atoms with van der Waals surface area (Å²) in [7, 11) is 1.65. The van der Waals surface area contributed by atoms with Gasteiger partial charge in [-0.1, -0.05) is 36.4 Å². The zero-order valence-electron chi connectivity index (χ0n) is 15.1. The molecule has 6 heteroatoms. The van der Waals surface area contributed by atoms with Crippen LogP contribution in [0.25, 0.3) is 0 Å². The van der Waals surface area contributed by atoms with Crippen molar-refractivity contribution < 1.29 is 22.7 Å². The van der Waals surface area contributed by atoms with Crippen molar-refractivity contribution in [3.8, 4) is 0 Å². The van der Waals surface area contributed by atoms with Crippen molar-refractivity contribution in [1.82, 2.24) is 5.32 Å². The van der Waals surface area contributed by atoms with E-state index in [1.807, 2.05) is 12.1 Å². The van der Waals surface area contributed by atoms with Gasteiger partial charge in [-0.25, -0.2) is 0 Å². The van der Waals surface area contributed by atoms with E-state index in [9.17, 15) is 18.0 Å². The molecule has 0 saturated carbocycles. The maximum atomic E-state index is 12.6. The number of nitrogens with one attached hydrogen (secondary N) is 1. The van der Waals surface area contributed by atoms with Gasteiger partial charge < -0.3 is 10.1 Å². The SMILES string of the molecule is COC1(CNC(=O)CCc2ccc(C(F)(F)F)cc2)Cc2ccccc2C1. The molecule has 0 fully saturated rings. The smallest absolute Gasteiger partial charge is 0.376 e. The molecular formula is C21H22F3NO2. The number of rotatable bonds is 6. The lowest BCUT2D eigenvalue weighted by molar-refractivity contribution is -0.137. The normalized spacial score (nSPS) is 15.4. The van der Waals surface area contributed by atoms with Crippen LogP contribution in [0, 0.1) is 0 Å². The van der Waals surface area contributed by atoms with Crippen molar-refractivity contribution in [2.45, 2.75) is 37.5 Å². The summed E-state index contributed by atoms with van der Waals surface area (Å²) < 4.78 is 43.4. The maximum absolute atomic E-state index is 12.6. The number of amides is 1. The molecule has 0 atom stereocenters. The van der Waals surface area contributed by atoms with Crippen LogP contribution in [0.3, 0.4) is 0 Å². The molecule has 0 unspecified atom stereocenters. The van der Waals surface area contributed by atoms with E-state index >= 15 is 0 Å². The van der Waals surface area contributed by atoms with Crippen molar-refractivity contribution >= 4 is 5.91 Å². The van der Waals surface area contributed by atoms with Crippen molar-refractivity contribution in [1.29, 1.82) is 0 Å². The van der Waals surface area contributed by atoms with Gasteiger partial charge in [0.1, 0.15) is 0 Å². The molecule has 0 radical (unpaired) electrons. The third-order valence-electron chi connectivity index (χ3n) is 5.11. The van der Waals surface area contributed by atoms with Gasteiger partial charge in [-0.3, -0.25) is 4.79 Å².